The largest absolute Gasteiger partial charge is 0.337 e. The van der Waals surface area contributed by atoms with Gasteiger partial charge in [-0.2, -0.15) is 0 Å². The summed E-state index contributed by atoms with van der Waals surface area (Å²) >= 11 is 0. The van der Waals surface area contributed by atoms with Crippen molar-refractivity contribution in [1.29, 1.82) is 0 Å². The Bertz CT molecular complexity index is 771. The molecule has 25 heavy (non-hydrogen) atoms. The average Bonchev–Trinajstić information content (AvgIpc) is 2.88. The molecular weight excluding hydrogens is 314 g/mol. The molecule has 2 heterocycles. The van der Waals surface area contributed by atoms with Crippen LogP contribution in [0.2, 0.25) is 0 Å². The zero-order valence-electron chi connectivity index (χ0n) is 14.7. The van der Waals surface area contributed by atoms with Crippen molar-refractivity contribution in [3.8, 4) is 0 Å². The minimum atomic E-state index is -0.00441. The number of carbonyl (C=O) groups excluding carboxylic acids is 2. The number of amides is 2. The van der Waals surface area contributed by atoms with Crippen LogP contribution in [0.15, 0.2) is 42.6 Å². The molecule has 5 heteroatoms. The SMILES string of the molecule is Cc1ccc(C(=O)N2CCCN(C(=O)c3cccnc3C)CC2)cc1. The van der Waals surface area contributed by atoms with E-state index in [1.54, 1.807) is 12.3 Å². The number of aryl methyl sites for hydroxylation is 2. The lowest BCUT2D eigenvalue weighted by Gasteiger charge is -2.22. The third-order valence-electron chi connectivity index (χ3n) is 4.61. The maximum Gasteiger partial charge on any atom is 0.255 e. The average molecular weight is 337 g/mol. The van der Waals surface area contributed by atoms with Gasteiger partial charge >= 0.3 is 0 Å². The molecule has 1 aliphatic rings. The van der Waals surface area contributed by atoms with E-state index in [2.05, 4.69) is 4.98 Å². The highest BCUT2D eigenvalue weighted by Gasteiger charge is 2.24. The van der Waals surface area contributed by atoms with E-state index < -0.39 is 0 Å². The van der Waals surface area contributed by atoms with Crippen LogP contribution in [0.3, 0.4) is 0 Å². The number of hydrogen-bond donors (Lipinski definition) is 0. The first kappa shape index (κ1) is 17.1. The van der Waals surface area contributed by atoms with Crippen molar-refractivity contribution in [2.45, 2.75) is 20.3 Å². The van der Waals surface area contributed by atoms with Crippen LogP contribution < -0.4 is 0 Å². The monoisotopic (exact) mass is 337 g/mol. The van der Waals surface area contributed by atoms with Gasteiger partial charge in [-0.1, -0.05) is 17.7 Å². The quantitative estimate of drug-likeness (QED) is 0.847. The van der Waals surface area contributed by atoms with Crippen molar-refractivity contribution in [3.63, 3.8) is 0 Å². The Balaban J connectivity index is 1.68. The van der Waals surface area contributed by atoms with Gasteiger partial charge in [-0.25, -0.2) is 0 Å². The van der Waals surface area contributed by atoms with Crippen LogP contribution >= 0.6 is 0 Å². The standard InChI is InChI=1S/C20H23N3O2/c1-15-6-8-17(9-7-15)19(24)22-11-4-12-23(14-13-22)20(25)18-5-3-10-21-16(18)2/h3,5-10H,4,11-14H2,1-2H3. The summed E-state index contributed by atoms with van der Waals surface area (Å²) in [6, 6.07) is 11.2. The molecule has 1 saturated heterocycles. The van der Waals surface area contributed by atoms with Crippen LogP contribution in [-0.4, -0.2) is 52.8 Å². The van der Waals surface area contributed by atoms with E-state index in [0.717, 1.165) is 17.7 Å². The lowest BCUT2D eigenvalue weighted by Crippen LogP contribution is -2.37. The van der Waals surface area contributed by atoms with Crippen LogP contribution in [0.25, 0.3) is 0 Å². The second-order valence-electron chi connectivity index (χ2n) is 6.44. The lowest BCUT2D eigenvalue weighted by molar-refractivity contribution is 0.0718. The maximum atomic E-state index is 12.7. The zero-order valence-corrected chi connectivity index (χ0v) is 14.7. The third-order valence-corrected chi connectivity index (χ3v) is 4.61. The minimum Gasteiger partial charge on any atom is -0.337 e. The summed E-state index contributed by atoms with van der Waals surface area (Å²) < 4.78 is 0. The Labute approximate surface area is 148 Å². The Morgan fingerprint density at radius 3 is 2.16 bits per heavy atom. The fourth-order valence-electron chi connectivity index (χ4n) is 3.08. The molecule has 3 rings (SSSR count). The molecular formula is C20H23N3O2. The molecule has 0 bridgehead atoms. The van der Waals surface area contributed by atoms with Crippen LogP contribution in [-0.2, 0) is 0 Å². The highest BCUT2D eigenvalue weighted by atomic mass is 16.2. The van der Waals surface area contributed by atoms with E-state index in [0.29, 0.717) is 37.3 Å². The van der Waals surface area contributed by atoms with Crippen molar-refractivity contribution in [1.82, 2.24) is 14.8 Å². The van der Waals surface area contributed by atoms with E-state index in [1.165, 1.54) is 0 Å². The van der Waals surface area contributed by atoms with Crippen LogP contribution in [0.1, 0.15) is 38.4 Å². The lowest BCUT2D eigenvalue weighted by atomic mass is 10.1. The predicted octanol–water partition coefficient (Wildman–Crippen LogP) is 2.69. The molecule has 1 fully saturated rings. The van der Waals surface area contributed by atoms with Gasteiger partial charge in [0.05, 0.1) is 5.56 Å². The minimum absolute atomic E-state index is 0.00441. The molecule has 130 valence electrons. The smallest absolute Gasteiger partial charge is 0.255 e. The number of rotatable bonds is 2. The van der Waals surface area contributed by atoms with Crippen molar-refractivity contribution < 1.29 is 9.59 Å². The first-order valence-corrected chi connectivity index (χ1v) is 8.63. The molecule has 5 nitrogen and oxygen atoms in total. The molecule has 0 spiro atoms. The van der Waals surface area contributed by atoms with E-state index in [1.807, 2.05) is 54.0 Å². The summed E-state index contributed by atoms with van der Waals surface area (Å²) in [5.74, 6) is 0.0297. The number of benzene rings is 1. The van der Waals surface area contributed by atoms with Crippen molar-refractivity contribution in [2.75, 3.05) is 26.2 Å². The molecule has 1 aromatic carbocycles. The second-order valence-corrected chi connectivity index (χ2v) is 6.44. The first-order chi connectivity index (χ1) is 12.1. The Morgan fingerprint density at radius 2 is 1.52 bits per heavy atom. The summed E-state index contributed by atoms with van der Waals surface area (Å²) in [5, 5.41) is 0. The molecule has 0 aliphatic carbocycles. The Morgan fingerprint density at radius 1 is 0.880 bits per heavy atom. The van der Waals surface area contributed by atoms with Gasteiger partial charge in [0.15, 0.2) is 0 Å². The van der Waals surface area contributed by atoms with Crippen LogP contribution in [0.5, 0.6) is 0 Å². The first-order valence-electron chi connectivity index (χ1n) is 8.63. The highest BCUT2D eigenvalue weighted by molar-refractivity contribution is 5.96. The van der Waals surface area contributed by atoms with Crippen molar-refractivity contribution >= 4 is 11.8 Å². The number of pyridine rings is 1. The van der Waals surface area contributed by atoms with Gasteiger partial charge in [0.2, 0.25) is 0 Å². The molecule has 0 saturated carbocycles. The highest BCUT2D eigenvalue weighted by Crippen LogP contribution is 2.14. The summed E-state index contributed by atoms with van der Waals surface area (Å²) in [5.41, 5.74) is 3.22. The van der Waals surface area contributed by atoms with Crippen molar-refractivity contribution in [2.24, 2.45) is 0 Å². The summed E-state index contributed by atoms with van der Waals surface area (Å²) in [4.78, 5) is 33.3. The van der Waals surface area contributed by atoms with Gasteiger partial charge < -0.3 is 9.80 Å². The van der Waals surface area contributed by atoms with E-state index in [4.69, 9.17) is 0 Å². The molecule has 1 aromatic heterocycles. The summed E-state index contributed by atoms with van der Waals surface area (Å²) in [6.45, 7) is 6.28. The number of aromatic nitrogens is 1. The molecule has 0 radical (unpaired) electrons. The van der Waals surface area contributed by atoms with Crippen molar-refractivity contribution in [3.05, 3.63) is 65.0 Å². The van der Waals surface area contributed by atoms with Gasteiger partial charge in [-0.3, -0.25) is 14.6 Å². The molecule has 0 atom stereocenters. The molecule has 2 amide bonds. The van der Waals surface area contributed by atoms with Gasteiger partial charge in [-0.05, 0) is 44.5 Å². The number of carbonyl (C=O) groups is 2. The third kappa shape index (κ3) is 3.87. The van der Waals surface area contributed by atoms with Gasteiger partial charge in [-0.15, -0.1) is 0 Å². The summed E-state index contributed by atoms with van der Waals surface area (Å²) in [7, 11) is 0. The van der Waals surface area contributed by atoms with Gasteiger partial charge in [0, 0.05) is 43.6 Å². The van der Waals surface area contributed by atoms with E-state index >= 15 is 0 Å². The van der Waals surface area contributed by atoms with E-state index in [9.17, 15) is 9.59 Å². The Kier molecular flexibility index (Phi) is 5.12. The molecule has 0 unspecified atom stereocenters. The topological polar surface area (TPSA) is 53.5 Å². The molecule has 1 aliphatic heterocycles. The zero-order chi connectivity index (χ0) is 17.8. The maximum absolute atomic E-state index is 12.7. The molecule has 0 N–H and O–H groups in total. The normalized spacial score (nSPS) is 15.0. The Hall–Kier alpha value is -2.69. The van der Waals surface area contributed by atoms with Gasteiger partial charge in [0.1, 0.15) is 0 Å². The second kappa shape index (κ2) is 7.47. The predicted molar refractivity (Wildman–Crippen MR) is 96.6 cm³/mol. The van der Waals surface area contributed by atoms with Crippen LogP contribution in [0.4, 0.5) is 0 Å². The van der Waals surface area contributed by atoms with E-state index in [-0.39, 0.29) is 11.8 Å². The van der Waals surface area contributed by atoms with Gasteiger partial charge in [0.25, 0.3) is 11.8 Å². The number of nitrogens with zero attached hydrogens (tertiary/aromatic N) is 3. The molecule has 2 aromatic rings. The summed E-state index contributed by atoms with van der Waals surface area (Å²) in [6.07, 6.45) is 2.47. The van der Waals surface area contributed by atoms with Crippen LogP contribution in [0, 0.1) is 13.8 Å². The fraction of sp³-hybridized carbons (Fsp3) is 0.350. The fourth-order valence-corrected chi connectivity index (χ4v) is 3.08. The number of hydrogen-bond acceptors (Lipinski definition) is 3.